The summed E-state index contributed by atoms with van der Waals surface area (Å²) in [6.45, 7) is 0.675. The minimum absolute atomic E-state index is 0.123. The summed E-state index contributed by atoms with van der Waals surface area (Å²) in [5, 5.41) is 24.8. The quantitative estimate of drug-likeness (QED) is 0.739. The van der Waals surface area contributed by atoms with Gasteiger partial charge in [-0.15, -0.1) is 10.2 Å². The van der Waals surface area contributed by atoms with E-state index in [9.17, 15) is 0 Å². The fourth-order valence-electron chi connectivity index (χ4n) is 1.61. The molecule has 3 aromatic rings. The highest BCUT2D eigenvalue weighted by Gasteiger charge is 2.07. The number of aliphatic hydroxyl groups is 1. The Labute approximate surface area is 107 Å². The molecule has 0 unspecified atom stereocenters. The number of nitrogens with one attached hydrogen (secondary N) is 1. The first kappa shape index (κ1) is 11.1. The van der Waals surface area contributed by atoms with Crippen LogP contribution in [0.15, 0.2) is 30.6 Å². The molecule has 1 aromatic carbocycles. The van der Waals surface area contributed by atoms with E-state index in [0.717, 1.165) is 21.2 Å². The SMILES string of the molecule is OCCNc1ccc(-c2nn3cnnc3s2)cc1. The molecular formula is C11H11N5OS. The van der Waals surface area contributed by atoms with Gasteiger partial charge in [-0.3, -0.25) is 0 Å². The minimum Gasteiger partial charge on any atom is -0.395 e. The molecular weight excluding hydrogens is 250 g/mol. The van der Waals surface area contributed by atoms with Gasteiger partial charge in [0.2, 0.25) is 4.96 Å². The summed E-state index contributed by atoms with van der Waals surface area (Å²) in [5.74, 6) is 0. The molecule has 0 bridgehead atoms. The van der Waals surface area contributed by atoms with E-state index in [-0.39, 0.29) is 6.61 Å². The molecule has 0 saturated heterocycles. The van der Waals surface area contributed by atoms with Crippen molar-refractivity contribution in [3.63, 3.8) is 0 Å². The Morgan fingerprint density at radius 1 is 1.28 bits per heavy atom. The van der Waals surface area contributed by atoms with E-state index in [2.05, 4.69) is 20.6 Å². The van der Waals surface area contributed by atoms with Crippen molar-refractivity contribution >= 4 is 22.0 Å². The number of hydrogen-bond acceptors (Lipinski definition) is 6. The molecule has 3 rings (SSSR count). The third-order valence-electron chi connectivity index (χ3n) is 2.46. The molecule has 2 N–H and O–H groups in total. The lowest BCUT2D eigenvalue weighted by molar-refractivity contribution is 0.311. The molecule has 0 radical (unpaired) electrons. The zero-order chi connectivity index (χ0) is 12.4. The highest BCUT2D eigenvalue weighted by Crippen LogP contribution is 2.25. The van der Waals surface area contributed by atoms with Crippen LogP contribution in [0.25, 0.3) is 15.5 Å². The van der Waals surface area contributed by atoms with Gasteiger partial charge in [0.25, 0.3) is 0 Å². The molecule has 0 aliphatic carbocycles. The number of fused-ring (bicyclic) bond motifs is 1. The zero-order valence-corrected chi connectivity index (χ0v) is 10.3. The Morgan fingerprint density at radius 3 is 2.83 bits per heavy atom. The second kappa shape index (κ2) is 4.71. The van der Waals surface area contributed by atoms with Crippen molar-refractivity contribution in [2.45, 2.75) is 0 Å². The first-order chi connectivity index (χ1) is 8.86. The molecule has 92 valence electrons. The first-order valence-electron chi connectivity index (χ1n) is 5.49. The third kappa shape index (κ3) is 2.05. The van der Waals surface area contributed by atoms with E-state index in [1.54, 1.807) is 10.8 Å². The summed E-state index contributed by atoms with van der Waals surface area (Å²) in [7, 11) is 0. The molecule has 0 fully saturated rings. The van der Waals surface area contributed by atoms with E-state index in [1.165, 1.54) is 11.3 Å². The molecule has 0 spiro atoms. The van der Waals surface area contributed by atoms with E-state index in [4.69, 9.17) is 5.11 Å². The molecule has 2 aromatic heterocycles. The monoisotopic (exact) mass is 261 g/mol. The van der Waals surface area contributed by atoms with Crippen LogP contribution in [0.2, 0.25) is 0 Å². The van der Waals surface area contributed by atoms with Crippen LogP contribution in [-0.2, 0) is 0 Å². The van der Waals surface area contributed by atoms with Gasteiger partial charge in [0.1, 0.15) is 11.3 Å². The lowest BCUT2D eigenvalue weighted by Gasteiger charge is -2.04. The van der Waals surface area contributed by atoms with Crippen molar-refractivity contribution in [2.24, 2.45) is 0 Å². The maximum atomic E-state index is 8.73. The minimum atomic E-state index is 0.123. The van der Waals surface area contributed by atoms with Crippen LogP contribution in [0.4, 0.5) is 5.69 Å². The smallest absolute Gasteiger partial charge is 0.234 e. The average Bonchev–Trinajstić information content (AvgIpc) is 2.97. The Morgan fingerprint density at radius 2 is 2.11 bits per heavy atom. The molecule has 0 amide bonds. The summed E-state index contributed by atoms with van der Waals surface area (Å²) in [5.41, 5.74) is 2.02. The van der Waals surface area contributed by atoms with Crippen molar-refractivity contribution in [2.75, 3.05) is 18.5 Å². The van der Waals surface area contributed by atoms with Crippen LogP contribution in [0.1, 0.15) is 0 Å². The van der Waals surface area contributed by atoms with Crippen molar-refractivity contribution in [3.05, 3.63) is 30.6 Å². The van der Waals surface area contributed by atoms with Gasteiger partial charge >= 0.3 is 0 Å². The molecule has 2 heterocycles. The van der Waals surface area contributed by atoms with Gasteiger partial charge in [-0.1, -0.05) is 11.3 Å². The lowest BCUT2D eigenvalue weighted by Crippen LogP contribution is -2.04. The predicted octanol–water partition coefficient (Wildman–Crippen LogP) is 1.26. The highest BCUT2D eigenvalue weighted by molar-refractivity contribution is 7.19. The van der Waals surface area contributed by atoms with E-state index >= 15 is 0 Å². The van der Waals surface area contributed by atoms with E-state index in [0.29, 0.717) is 6.54 Å². The van der Waals surface area contributed by atoms with Gasteiger partial charge < -0.3 is 10.4 Å². The lowest BCUT2D eigenvalue weighted by atomic mass is 10.2. The van der Waals surface area contributed by atoms with E-state index in [1.807, 2.05) is 24.3 Å². The number of hydrogen-bond donors (Lipinski definition) is 2. The maximum Gasteiger partial charge on any atom is 0.234 e. The van der Waals surface area contributed by atoms with Gasteiger partial charge in [0.05, 0.1) is 6.61 Å². The van der Waals surface area contributed by atoms with Crippen LogP contribution in [0.3, 0.4) is 0 Å². The fraction of sp³-hybridized carbons (Fsp3) is 0.182. The van der Waals surface area contributed by atoms with Crippen LogP contribution < -0.4 is 5.32 Å². The molecule has 0 aliphatic rings. The summed E-state index contributed by atoms with van der Waals surface area (Å²) < 4.78 is 1.66. The highest BCUT2D eigenvalue weighted by atomic mass is 32.1. The molecule has 0 aliphatic heterocycles. The van der Waals surface area contributed by atoms with Gasteiger partial charge in [-0.2, -0.15) is 9.61 Å². The summed E-state index contributed by atoms with van der Waals surface area (Å²) >= 11 is 1.50. The van der Waals surface area contributed by atoms with Crippen LogP contribution in [0, 0.1) is 0 Å². The molecule has 0 atom stereocenters. The molecule has 7 heteroatoms. The fourth-order valence-corrected chi connectivity index (χ4v) is 2.43. The van der Waals surface area contributed by atoms with Crippen molar-refractivity contribution < 1.29 is 5.11 Å². The standard InChI is InChI=1S/C11H11N5OS/c17-6-5-12-9-3-1-8(2-4-9)10-15-16-7-13-14-11(16)18-10/h1-4,7,12,17H,5-6H2. The van der Waals surface area contributed by atoms with Crippen LogP contribution >= 0.6 is 11.3 Å². The topological polar surface area (TPSA) is 75.3 Å². The van der Waals surface area contributed by atoms with Gasteiger partial charge in [-0.25, -0.2) is 0 Å². The Hall–Kier alpha value is -1.99. The summed E-state index contributed by atoms with van der Waals surface area (Å²) in [4.78, 5) is 0.785. The number of benzene rings is 1. The predicted molar refractivity (Wildman–Crippen MR) is 69.7 cm³/mol. The second-order valence-corrected chi connectivity index (χ2v) is 4.65. The number of rotatable bonds is 4. The van der Waals surface area contributed by atoms with Gasteiger partial charge in [0, 0.05) is 17.8 Å². The molecule has 6 nitrogen and oxygen atoms in total. The number of anilines is 1. The van der Waals surface area contributed by atoms with Crippen molar-refractivity contribution in [3.8, 4) is 10.6 Å². The normalized spacial score (nSPS) is 10.9. The third-order valence-corrected chi connectivity index (χ3v) is 3.42. The summed E-state index contributed by atoms with van der Waals surface area (Å²) in [6, 6.07) is 7.91. The molecule has 0 saturated carbocycles. The average molecular weight is 261 g/mol. The maximum absolute atomic E-state index is 8.73. The van der Waals surface area contributed by atoms with Gasteiger partial charge in [0.15, 0.2) is 0 Å². The first-order valence-corrected chi connectivity index (χ1v) is 6.30. The largest absolute Gasteiger partial charge is 0.395 e. The number of nitrogens with zero attached hydrogens (tertiary/aromatic N) is 4. The Bertz CT molecular complexity index is 616. The van der Waals surface area contributed by atoms with Crippen molar-refractivity contribution in [1.82, 2.24) is 19.8 Å². The van der Waals surface area contributed by atoms with Gasteiger partial charge in [-0.05, 0) is 24.3 Å². The molecule has 18 heavy (non-hydrogen) atoms. The van der Waals surface area contributed by atoms with Crippen molar-refractivity contribution in [1.29, 1.82) is 0 Å². The zero-order valence-electron chi connectivity index (χ0n) is 9.45. The summed E-state index contributed by atoms with van der Waals surface area (Å²) in [6.07, 6.45) is 1.59. The van der Waals surface area contributed by atoms with Crippen LogP contribution in [0.5, 0.6) is 0 Å². The number of aliphatic hydroxyl groups excluding tert-OH is 1. The second-order valence-electron chi connectivity index (χ2n) is 3.69. The Balaban J connectivity index is 1.85. The van der Waals surface area contributed by atoms with Crippen LogP contribution in [-0.4, -0.2) is 38.1 Å². The van der Waals surface area contributed by atoms with E-state index < -0.39 is 0 Å². The Kier molecular flexibility index (Phi) is 2.91. The number of aromatic nitrogens is 4.